The number of imidazole rings is 1. The molecule has 0 aromatic carbocycles. The first-order chi connectivity index (χ1) is 11.9. The molecule has 0 spiro atoms. The molecule has 9 heteroatoms. The van der Waals surface area contributed by atoms with Crippen LogP contribution in [0.25, 0.3) is 0 Å². The van der Waals surface area contributed by atoms with Crippen molar-refractivity contribution < 1.29 is 19.8 Å². The summed E-state index contributed by atoms with van der Waals surface area (Å²) >= 11 is 0. The van der Waals surface area contributed by atoms with Gasteiger partial charge in [-0.05, 0) is 26.3 Å². The molecule has 3 N–H and O–H groups in total. The van der Waals surface area contributed by atoms with Crippen LogP contribution in [-0.4, -0.2) is 66.4 Å². The van der Waals surface area contributed by atoms with Gasteiger partial charge in [0.05, 0.1) is 11.8 Å². The van der Waals surface area contributed by atoms with E-state index in [1.807, 2.05) is 24.5 Å². The number of aliphatic hydroxyl groups is 1. The van der Waals surface area contributed by atoms with Crippen LogP contribution in [0, 0.1) is 19.8 Å². The van der Waals surface area contributed by atoms with Crippen LogP contribution in [0.3, 0.4) is 0 Å². The minimum Gasteiger partial charge on any atom is -0.483 e. The third-order valence-corrected chi connectivity index (χ3v) is 4.22. The fraction of sp³-hybridized carbons (Fsp3) is 0.500. The van der Waals surface area contributed by atoms with Gasteiger partial charge in [0.2, 0.25) is 5.91 Å². The third kappa shape index (κ3) is 4.90. The number of aromatic amines is 1. The Hall–Kier alpha value is -2.68. The number of carbonyl (C=O) groups is 2. The van der Waals surface area contributed by atoms with Gasteiger partial charge in [-0.3, -0.25) is 14.7 Å². The van der Waals surface area contributed by atoms with E-state index >= 15 is 0 Å². The van der Waals surface area contributed by atoms with Crippen LogP contribution < -0.4 is 0 Å². The smallest absolute Gasteiger partial charge is 0.290 e. The highest BCUT2D eigenvalue weighted by Crippen LogP contribution is 2.21. The molecule has 1 fully saturated rings. The summed E-state index contributed by atoms with van der Waals surface area (Å²) < 4.78 is 1.82. The Balaban J connectivity index is 0.000000701. The van der Waals surface area contributed by atoms with E-state index in [2.05, 4.69) is 15.2 Å². The van der Waals surface area contributed by atoms with Crippen LogP contribution in [0.5, 0.6) is 0 Å². The fourth-order valence-corrected chi connectivity index (χ4v) is 2.92. The van der Waals surface area contributed by atoms with Gasteiger partial charge in [-0.15, -0.1) is 0 Å². The average molecular weight is 349 g/mol. The molecule has 0 radical (unpaired) electrons. The van der Waals surface area contributed by atoms with Crippen molar-refractivity contribution in [2.45, 2.75) is 32.9 Å². The first kappa shape index (κ1) is 18.7. The van der Waals surface area contributed by atoms with E-state index in [0.29, 0.717) is 19.5 Å². The summed E-state index contributed by atoms with van der Waals surface area (Å²) in [6, 6.07) is 1.98. The predicted molar refractivity (Wildman–Crippen MR) is 88.8 cm³/mol. The molecule has 136 valence electrons. The first-order valence-corrected chi connectivity index (χ1v) is 7.97. The number of β-amino-alcohol motifs (C(OH)–C–C–N with tert-alkyl or cyclic N) is 1. The highest BCUT2D eigenvalue weighted by Gasteiger charge is 2.34. The number of amides is 1. The highest BCUT2D eigenvalue weighted by atomic mass is 16.3. The van der Waals surface area contributed by atoms with Gasteiger partial charge >= 0.3 is 0 Å². The van der Waals surface area contributed by atoms with Gasteiger partial charge in [-0.1, -0.05) is 0 Å². The van der Waals surface area contributed by atoms with E-state index in [9.17, 15) is 9.90 Å². The number of hydrogen-bond donors (Lipinski definition) is 3. The second-order valence-corrected chi connectivity index (χ2v) is 6.08. The molecular formula is C16H23N5O4. The zero-order valence-corrected chi connectivity index (χ0v) is 14.3. The Morgan fingerprint density at radius 3 is 2.72 bits per heavy atom. The lowest BCUT2D eigenvalue weighted by Crippen LogP contribution is -2.32. The zero-order valence-electron chi connectivity index (χ0n) is 14.3. The summed E-state index contributed by atoms with van der Waals surface area (Å²) in [6.07, 6.45) is 3.66. The summed E-state index contributed by atoms with van der Waals surface area (Å²) in [5, 5.41) is 24.2. The number of carbonyl (C=O) groups excluding carboxylic acids is 1. The molecule has 1 aliphatic rings. The Bertz CT molecular complexity index is 711. The number of nitrogens with one attached hydrogen (secondary N) is 1. The van der Waals surface area contributed by atoms with Gasteiger partial charge in [0.1, 0.15) is 12.4 Å². The fourth-order valence-electron chi connectivity index (χ4n) is 2.92. The SMILES string of the molecule is Cc1cc(C[C@@H]2CN(C(=O)Cn3ccnc3C)C[C@@H]2O)n[nH]1.O=CO. The lowest BCUT2D eigenvalue weighted by molar-refractivity contribution is -0.131. The molecule has 0 bridgehead atoms. The van der Waals surface area contributed by atoms with Crippen molar-refractivity contribution in [1.82, 2.24) is 24.6 Å². The van der Waals surface area contributed by atoms with E-state index in [-0.39, 0.29) is 24.8 Å². The molecule has 0 aliphatic carbocycles. The maximum Gasteiger partial charge on any atom is 0.290 e. The molecule has 3 heterocycles. The summed E-state index contributed by atoms with van der Waals surface area (Å²) in [5.74, 6) is 0.869. The Kier molecular flexibility index (Phi) is 6.29. The number of aromatic nitrogens is 4. The maximum atomic E-state index is 12.4. The molecule has 9 nitrogen and oxygen atoms in total. The number of nitrogens with zero attached hydrogens (tertiary/aromatic N) is 4. The quantitative estimate of drug-likeness (QED) is 0.667. The van der Waals surface area contributed by atoms with Gasteiger partial charge in [0, 0.05) is 37.1 Å². The number of hydrogen-bond acceptors (Lipinski definition) is 5. The Morgan fingerprint density at radius 2 is 2.16 bits per heavy atom. The monoisotopic (exact) mass is 349 g/mol. The minimum atomic E-state index is -0.496. The molecule has 2 atom stereocenters. The van der Waals surface area contributed by atoms with Crippen molar-refractivity contribution in [3.8, 4) is 0 Å². The Labute approximate surface area is 145 Å². The molecule has 1 aliphatic heterocycles. The number of H-pyrrole nitrogens is 1. The van der Waals surface area contributed by atoms with Crippen LogP contribution >= 0.6 is 0 Å². The topological polar surface area (TPSA) is 124 Å². The van der Waals surface area contributed by atoms with E-state index in [0.717, 1.165) is 17.2 Å². The second kappa shape index (κ2) is 8.43. The van der Waals surface area contributed by atoms with Crippen LogP contribution in [-0.2, 0) is 22.6 Å². The number of aliphatic hydroxyl groups excluding tert-OH is 1. The van der Waals surface area contributed by atoms with E-state index in [4.69, 9.17) is 9.90 Å². The van der Waals surface area contributed by atoms with Crippen molar-refractivity contribution >= 4 is 12.4 Å². The number of carboxylic acid groups (broad SMARTS) is 1. The first-order valence-electron chi connectivity index (χ1n) is 7.97. The summed E-state index contributed by atoms with van der Waals surface area (Å²) in [7, 11) is 0. The van der Waals surface area contributed by atoms with Crippen molar-refractivity contribution in [3.63, 3.8) is 0 Å². The van der Waals surface area contributed by atoms with E-state index in [1.54, 1.807) is 17.3 Å². The van der Waals surface area contributed by atoms with Gasteiger partial charge in [0.25, 0.3) is 6.47 Å². The number of aryl methyl sites for hydroxylation is 2. The molecule has 0 unspecified atom stereocenters. The van der Waals surface area contributed by atoms with E-state index < -0.39 is 6.10 Å². The lowest BCUT2D eigenvalue weighted by atomic mass is 10.0. The molecule has 1 saturated heterocycles. The van der Waals surface area contributed by atoms with Crippen LogP contribution in [0.2, 0.25) is 0 Å². The van der Waals surface area contributed by atoms with Crippen molar-refractivity contribution in [2.75, 3.05) is 13.1 Å². The molecule has 3 rings (SSSR count). The summed E-state index contributed by atoms with van der Waals surface area (Å²) in [4.78, 5) is 26.6. The molecular weight excluding hydrogens is 326 g/mol. The predicted octanol–water partition coefficient (Wildman–Crippen LogP) is -0.0142. The van der Waals surface area contributed by atoms with Gasteiger partial charge in [-0.2, -0.15) is 5.10 Å². The maximum absolute atomic E-state index is 12.4. The van der Waals surface area contributed by atoms with Crippen molar-refractivity contribution in [2.24, 2.45) is 5.92 Å². The van der Waals surface area contributed by atoms with Crippen molar-refractivity contribution in [3.05, 3.63) is 35.7 Å². The largest absolute Gasteiger partial charge is 0.483 e. The van der Waals surface area contributed by atoms with Crippen LogP contribution in [0.15, 0.2) is 18.5 Å². The van der Waals surface area contributed by atoms with Crippen molar-refractivity contribution in [1.29, 1.82) is 0 Å². The van der Waals surface area contributed by atoms with Gasteiger partial charge < -0.3 is 19.7 Å². The van der Waals surface area contributed by atoms with Gasteiger partial charge in [-0.25, -0.2) is 4.98 Å². The second-order valence-electron chi connectivity index (χ2n) is 6.08. The van der Waals surface area contributed by atoms with Gasteiger partial charge in [0.15, 0.2) is 0 Å². The lowest BCUT2D eigenvalue weighted by Gasteiger charge is -2.16. The number of likely N-dealkylation sites (tertiary alicyclic amines) is 1. The van der Waals surface area contributed by atoms with Crippen LogP contribution in [0.4, 0.5) is 0 Å². The zero-order chi connectivity index (χ0) is 18.4. The van der Waals surface area contributed by atoms with Crippen LogP contribution in [0.1, 0.15) is 17.2 Å². The standard InChI is InChI=1S/C15H21N5O2.CH2O2/c1-10-5-13(18-17-10)6-12-7-20(8-14(12)21)15(22)9-19-4-3-16-11(19)2;2-1-3/h3-5,12,14,21H,6-9H2,1-2H3,(H,17,18);1H,(H,2,3)/t12-,14+;/m1./s1. The minimum absolute atomic E-state index is 0.0147. The molecule has 0 saturated carbocycles. The molecule has 2 aromatic rings. The molecule has 25 heavy (non-hydrogen) atoms. The normalized spacial score (nSPS) is 19.4. The third-order valence-electron chi connectivity index (χ3n) is 4.22. The Morgan fingerprint density at radius 1 is 1.44 bits per heavy atom. The average Bonchev–Trinajstić information content (AvgIpc) is 3.24. The molecule has 2 aromatic heterocycles. The molecule has 1 amide bonds. The number of rotatable bonds is 4. The van der Waals surface area contributed by atoms with E-state index in [1.165, 1.54) is 0 Å². The summed E-state index contributed by atoms with van der Waals surface area (Å²) in [5.41, 5.74) is 1.94. The summed E-state index contributed by atoms with van der Waals surface area (Å²) in [6.45, 7) is 4.80. The highest BCUT2D eigenvalue weighted by molar-refractivity contribution is 5.76.